The van der Waals surface area contributed by atoms with Crippen LogP contribution in [0.25, 0.3) is 11.1 Å². The topological polar surface area (TPSA) is 0 Å². The van der Waals surface area contributed by atoms with Gasteiger partial charge in [0, 0.05) is 17.5 Å². The van der Waals surface area contributed by atoms with Crippen LogP contribution < -0.4 is 349 Å². The molecule has 6 aromatic carbocycles. The molecule has 3 fully saturated rings. The van der Waals surface area contributed by atoms with E-state index < -0.39 is 0 Å². The molecule has 6 aromatic rings. The zero-order chi connectivity index (χ0) is 48.7. The van der Waals surface area contributed by atoms with E-state index in [4.69, 9.17) is 34.8 Å². The van der Waals surface area contributed by atoms with E-state index in [1.54, 1.807) is 30.3 Å². The van der Waals surface area contributed by atoms with Gasteiger partial charge in [0.2, 0.25) is 0 Å². The smallest absolute Gasteiger partial charge is 1.00 e. The molecule has 0 aromatic heterocycles. The summed E-state index contributed by atoms with van der Waals surface area (Å²) in [5.74, 6) is 4.34. The molecule has 0 N–H and O–H groups in total. The van der Waals surface area contributed by atoms with Crippen LogP contribution in [0.3, 0.4) is 0 Å². The van der Waals surface area contributed by atoms with Crippen molar-refractivity contribution >= 4 is 34.8 Å². The number of rotatable bonds is 12. The molecular formula is C63H72Cl3F3Rb6. The summed E-state index contributed by atoms with van der Waals surface area (Å²) in [6.07, 6.45) is 21.4. The van der Waals surface area contributed by atoms with Gasteiger partial charge in [0.25, 0.3) is 0 Å². The molecule has 3 aliphatic carbocycles. The molecule has 0 radical (unpaired) electrons. The zero-order valence-corrected chi connectivity index (χ0v) is 78.6. The van der Waals surface area contributed by atoms with E-state index in [0.29, 0.717) is 24.0 Å². The Morgan fingerprint density at radius 3 is 1.19 bits per heavy atom. The SMILES string of the molecule is CC1CCC(C2CCC(CCc3cc[c-]c(Cl)c3F)CC2)CC1.CC1CCC(c2ccc(CCc3cc[c-]c(Cl)c3F)cc2)CC1.Cc1ccc(-c2ccc(CCc3cc[c-]c(Cl)c3F)cc2)cc1.[H-].[H-].[H-].[Rb+].[Rb+].[Rb+].[Rb+].[Rb+].[Rb+]. The van der Waals surface area contributed by atoms with Crippen LogP contribution in [0.4, 0.5) is 13.2 Å². The summed E-state index contributed by atoms with van der Waals surface area (Å²) < 4.78 is 41.7. The van der Waals surface area contributed by atoms with Crippen molar-refractivity contribution < 1.29 is 367 Å². The quantitative estimate of drug-likeness (QED) is 0.164. The van der Waals surface area contributed by atoms with Crippen molar-refractivity contribution in [3.05, 3.63) is 199 Å². The van der Waals surface area contributed by atoms with E-state index >= 15 is 0 Å². The van der Waals surface area contributed by atoms with Crippen LogP contribution >= 0.6 is 34.8 Å². The van der Waals surface area contributed by atoms with Crippen LogP contribution in [0.2, 0.25) is 15.1 Å². The van der Waals surface area contributed by atoms with Crippen LogP contribution in [-0.2, 0) is 32.1 Å². The molecule has 372 valence electrons. The van der Waals surface area contributed by atoms with Crippen molar-refractivity contribution in [1.29, 1.82) is 0 Å². The van der Waals surface area contributed by atoms with Gasteiger partial charge in [-0.15, -0.1) is 51.5 Å². The number of aryl methyl sites for hydroxylation is 6. The minimum atomic E-state index is -0.356. The maximum Gasteiger partial charge on any atom is 1.00 e. The van der Waals surface area contributed by atoms with Crippen molar-refractivity contribution in [2.45, 2.75) is 142 Å². The molecular weight excluding hydrogens is 1430 g/mol. The van der Waals surface area contributed by atoms with E-state index in [1.165, 1.54) is 110 Å². The first-order chi connectivity index (χ1) is 33.4. The summed E-state index contributed by atoms with van der Waals surface area (Å²) in [5.41, 5.74) is 9.62. The van der Waals surface area contributed by atoms with Gasteiger partial charge in [-0.3, -0.25) is 13.2 Å². The monoisotopic (exact) mass is 1500 g/mol. The van der Waals surface area contributed by atoms with Crippen LogP contribution in [-0.4, -0.2) is 0 Å². The number of hydrogen-bond donors (Lipinski definition) is 0. The Balaban J connectivity index is -0.00000102. The normalized spacial score (nSPS) is 19.6. The summed E-state index contributed by atoms with van der Waals surface area (Å²) in [6.45, 7) is 6.84. The number of benzene rings is 6. The number of halogens is 6. The van der Waals surface area contributed by atoms with Crippen molar-refractivity contribution in [2.24, 2.45) is 29.6 Å². The summed E-state index contributed by atoms with van der Waals surface area (Å²) >= 11 is 17.4. The first-order valence-corrected chi connectivity index (χ1v) is 26.8. The minimum absolute atomic E-state index is 0. The second-order valence-corrected chi connectivity index (χ2v) is 21.6. The third-order valence-electron chi connectivity index (χ3n) is 15.5. The van der Waals surface area contributed by atoms with Gasteiger partial charge in [0.15, 0.2) is 0 Å². The first-order valence-electron chi connectivity index (χ1n) is 25.7. The molecule has 0 aliphatic heterocycles. The van der Waals surface area contributed by atoms with Gasteiger partial charge in [-0.25, -0.2) is 0 Å². The zero-order valence-electron chi connectivity index (χ0n) is 49.9. The molecule has 12 heteroatoms. The van der Waals surface area contributed by atoms with E-state index in [2.05, 4.69) is 112 Å². The largest absolute Gasteiger partial charge is 1.00 e. The Morgan fingerprint density at radius 1 is 0.427 bits per heavy atom. The van der Waals surface area contributed by atoms with Crippen LogP contribution in [0, 0.1) is 72.2 Å². The van der Waals surface area contributed by atoms with E-state index in [0.717, 1.165) is 66.8 Å². The molecule has 0 atom stereocenters. The predicted octanol–water partition coefficient (Wildman–Crippen LogP) is 1.60. The second kappa shape index (κ2) is 43.5. The van der Waals surface area contributed by atoms with Crippen molar-refractivity contribution in [3.8, 4) is 11.1 Å². The number of hydrogen-bond acceptors (Lipinski definition) is 0. The Hall–Kier alpha value is 6.81. The van der Waals surface area contributed by atoms with Crippen LogP contribution in [0.1, 0.15) is 146 Å². The fourth-order valence-electron chi connectivity index (χ4n) is 10.8. The average Bonchev–Trinajstić information content (AvgIpc) is 3.37. The molecule has 3 saturated carbocycles. The molecule has 0 unspecified atom stereocenters. The van der Waals surface area contributed by atoms with Gasteiger partial charge in [-0.05, 0) is 162 Å². The predicted molar refractivity (Wildman–Crippen MR) is 287 cm³/mol. The Labute approximate surface area is 763 Å². The van der Waals surface area contributed by atoms with Gasteiger partial charge in [-0.2, -0.15) is 54.6 Å². The van der Waals surface area contributed by atoms with Gasteiger partial charge < -0.3 is 4.28 Å². The minimum Gasteiger partial charge on any atom is -1.00 e. The van der Waals surface area contributed by atoms with Crippen molar-refractivity contribution in [2.75, 3.05) is 0 Å². The summed E-state index contributed by atoms with van der Waals surface area (Å²) in [6, 6.07) is 44.3. The fraction of sp³-hybridized carbons (Fsp3) is 0.429. The van der Waals surface area contributed by atoms with Crippen LogP contribution in [0.15, 0.2) is 109 Å². The van der Waals surface area contributed by atoms with E-state index in [1.807, 2.05) is 6.07 Å². The molecule has 75 heavy (non-hydrogen) atoms. The summed E-state index contributed by atoms with van der Waals surface area (Å²) in [7, 11) is 0. The van der Waals surface area contributed by atoms with Crippen LogP contribution in [0.5, 0.6) is 0 Å². The third kappa shape index (κ3) is 27.2. The van der Waals surface area contributed by atoms with Gasteiger partial charge in [-0.1, -0.05) is 131 Å². The second-order valence-electron chi connectivity index (χ2n) is 20.5. The molecule has 0 bridgehead atoms. The summed E-state index contributed by atoms with van der Waals surface area (Å²) in [4.78, 5) is 0. The van der Waals surface area contributed by atoms with Crippen molar-refractivity contribution in [1.82, 2.24) is 0 Å². The third-order valence-corrected chi connectivity index (χ3v) is 16.3. The maximum absolute atomic E-state index is 13.9. The summed E-state index contributed by atoms with van der Waals surface area (Å²) in [5, 5.41) is 0.291. The van der Waals surface area contributed by atoms with Crippen molar-refractivity contribution in [3.63, 3.8) is 0 Å². The fourth-order valence-corrected chi connectivity index (χ4v) is 11.4. The molecule has 0 spiro atoms. The van der Waals surface area contributed by atoms with E-state index in [9.17, 15) is 13.2 Å². The van der Waals surface area contributed by atoms with E-state index in [-0.39, 0.29) is 386 Å². The average molecular weight is 1510 g/mol. The molecule has 0 amide bonds. The van der Waals surface area contributed by atoms with Gasteiger partial charge in [0.05, 0.1) is 0 Å². The molecule has 9 rings (SSSR count). The molecule has 0 nitrogen and oxygen atoms in total. The Bertz CT molecular complexity index is 2520. The standard InChI is InChI=1S/C21H29ClF.C21H23ClF.C21H17ClF.6Rb.3H/c3*1-15-5-10-17(11-6-15)18-12-7-16(8-13-18)9-14-19-3-2-4-20(22)21(19)23;;;;;;;;;/h2-3,15-18H,5-14H2,1H3;2-3,7-8,12-13,15,17H,5-6,9-11,14H2,1H3;2-3,5-8,10-13H,9,14H2,1H3;;;;;;;;;/q3*-1;6*+1;3*-1. The molecule has 0 saturated heterocycles. The maximum atomic E-state index is 13.9. The molecule has 0 heterocycles. The Morgan fingerprint density at radius 2 is 0.773 bits per heavy atom. The van der Waals surface area contributed by atoms with Gasteiger partial charge >= 0.3 is 349 Å². The van der Waals surface area contributed by atoms with Gasteiger partial charge in [0.1, 0.15) is 0 Å². The Kier molecular flexibility index (Phi) is 46.3. The first kappa shape index (κ1) is 79.8. The molecule has 3 aliphatic rings.